The molecule has 180 valence electrons. The van der Waals surface area contributed by atoms with E-state index in [1.54, 1.807) is 23.6 Å². The second kappa shape index (κ2) is 11.4. The van der Waals surface area contributed by atoms with Crippen molar-refractivity contribution in [1.29, 1.82) is 0 Å². The van der Waals surface area contributed by atoms with E-state index in [0.717, 1.165) is 12.1 Å². The minimum Gasteiger partial charge on any atom is -0.484 e. The molecule has 0 bridgehead atoms. The van der Waals surface area contributed by atoms with E-state index in [4.69, 9.17) is 27.9 Å². The number of thiazole rings is 1. The molecule has 13 heteroatoms. The van der Waals surface area contributed by atoms with Crippen LogP contribution < -0.4 is 20.1 Å². The van der Waals surface area contributed by atoms with Gasteiger partial charge in [-0.05, 0) is 42.0 Å². The summed E-state index contributed by atoms with van der Waals surface area (Å²) in [6.45, 7) is -0.0966. The molecule has 1 heterocycles. The van der Waals surface area contributed by atoms with Gasteiger partial charge in [0.05, 0.1) is 6.54 Å². The fourth-order valence-corrected chi connectivity index (χ4v) is 3.73. The highest BCUT2D eigenvalue weighted by atomic mass is 35.5. The SMILES string of the molecule is O=C(COc1ccc(OC(F)(F)F)cc1)NCc1nc(C(=O)NCc2ccc(Cl)cc2Cl)cs1. The van der Waals surface area contributed by atoms with Crippen molar-refractivity contribution in [3.05, 3.63) is 74.2 Å². The second-order valence-corrected chi connectivity index (χ2v) is 8.42. The first-order valence-electron chi connectivity index (χ1n) is 9.51. The van der Waals surface area contributed by atoms with Crippen LogP contribution in [0.5, 0.6) is 11.5 Å². The summed E-state index contributed by atoms with van der Waals surface area (Å²) in [6.07, 6.45) is -4.79. The minimum absolute atomic E-state index is 0.0709. The van der Waals surface area contributed by atoms with Crippen molar-refractivity contribution in [2.75, 3.05) is 6.61 Å². The molecule has 0 radical (unpaired) electrons. The van der Waals surface area contributed by atoms with E-state index < -0.39 is 23.9 Å². The largest absolute Gasteiger partial charge is 0.573 e. The topological polar surface area (TPSA) is 89.6 Å². The monoisotopic (exact) mass is 533 g/mol. The molecule has 7 nitrogen and oxygen atoms in total. The van der Waals surface area contributed by atoms with E-state index in [1.165, 1.54) is 23.5 Å². The Labute approximate surface area is 205 Å². The number of carbonyl (C=O) groups is 2. The van der Waals surface area contributed by atoms with Gasteiger partial charge < -0.3 is 20.1 Å². The van der Waals surface area contributed by atoms with Crippen molar-refractivity contribution in [1.82, 2.24) is 15.6 Å². The average Bonchev–Trinajstić information content (AvgIpc) is 3.24. The second-order valence-electron chi connectivity index (χ2n) is 6.63. The van der Waals surface area contributed by atoms with Crippen LogP contribution in [0.2, 0.25) is 10.0 Å². The first-order chi connectivity index (χ1) is 16.1. The number of rotatable bonds is 9. The van der Waals surface area contributed by atoms with Crippen LogP contribution in [-0.2, 0) is 17.9 Å². The van der Waals surface area contributed by atoms with Gasteiger partial charge in [0, 0.05) is 22.0 Å². The molecule has 0 saturated heterocycles. The first kappa shape index (κ1) is 25.6. The molecule has 2 aromatic carbocycles. The first-order valence-corrected chi connectivity index (χ1v) is 11.1. The van der Waals surface area contributed by atoms with Gasteiger partial charge in [-0.1, -0.05) is 29.3 Å². The van der Waals surface area contributed by atoms with Gasteiger partial charge in [-0.3, -0.25) is 9.59 Å². The fraction of sp³-hybridized carbons (Fsp3) is 0.190. The summed E-state index contributed by atoms with van der Waals surface area (Å²) in [4.78, 5) is 28.4. The van der Waals surface area contributed by atoms with E-state index in [2.05, 4.69) is 20.4 Å². The third kappa shape index (κ3) is 8.08. The van der Waals surface area contributed by atoms with E-state index in [-0.39, 0.29) is 31.1 Å². The van der Waals surface area contributed by atoms with E-state index in [1.807, 2.05) is 0 Å². The Morgan fingerprint density at radius 3 is 2.38 bits per heavy atom. The molecule has 0 saturated carbocycles. The molecule has 2 amide bonds. The molecule has 0 atom stereocenters. The van der Waals surface area contributed by atoms with Crippen LogP contribution in [0.4, 0.5) is 13.2 Å². The number of aromatic nitrogens is 1. The molecular weight excluding hydrogens is 518 g/mol. The molecule has 34 heavy (non-hydrogen) atoms. The van der Waals surface area contributed by atoms with Crippen LogP contribution in [-0.4, -0.2) is 29.8 Å². The molecule has 0 spiro atoms. The standard InChI is InChI=1S/C21H16Cl2F3N3O4S/c22-13-2-1-12(16(23)7-13)8-28-20(31)17-11-34-19(29-17)9-27-18(30)10-32-14-3-5-15(6-4-14)33-21(24,25)26/h1-7,11H,8-10H2,(H,27,30)(H,28,31). The van der Waals surface area contributed by atoms with Crippen molar-refractivity contribution in [2.24, 2.45) is 0 Å². The quantitative estimate of drug-likeness (QED) is 0.405. The van der Waals surface area contributed by atoms with E-state index in [9.17, 15) is 22.8 Å². The maximum absolute atomic E-state index is 12.3. The number of hydrogen-bond donors (Lipinski definition) is 2. The van der Waals surface area contributed by atoms with Gasteiger partial charge in [0.25, 0.3) is 11.8 Å². The van der Waals surface area contributed by atoms with Gasteiger partial charge >= 0.3 is 6.36 Å². The van der Waals surface area contributed by atoms with Gasteiger partial charge in [0.2, 0.25) is 0 Å². The molecule has 3 rings (SSSR count). The predicted octanol–water partition coefficient (Wildman–Crippen LogP) is 4.97. The van der Waals surface area contributed by atoms with Crippen LogP contribution in [0, 0.1) is 0 Å². The summed E-state index contributed by atoms with van der Waals surface area (Å²) in [5.74, 6) is -1.09. The molecule has 0 aliphatic carbocycles. The van der Waals surface area contributed by atoms with Crippen molar-refractivity contribution in [3.8, 4) is 11.5 Å². The molecule has 2 N–H and O–H groups in total. The van der Waals surface area contributed by atoms with Gasteiger partial charge in [-0.25, -0.2) is 4.98 Å². The van der Waals surface area contributed by atoms with Gasteiger partial charge in [-0.2, -0.15) is 0 Å². The predicted molar refractivity (Wildman–Crippen MR) is 120 cm³/mol. The molecule has 0 aliphatic rings. The number of nitrogens with one attached hydrogen (secondary N) is 2. The Kier molecular flexibility index (Phi) is 8.59. The van der Waals surface area contributed by atoms with Gasteiger partial charge in [0.1, 0.15) is 22.2 Å². The van der Waals surface area contributed by atoms with Crippen LogP contribution in [0.3, 0.4) is 0 Å². The Morgan fingerprint density at radius 2 is 1.71 bits per heavy atom. The number of carbonyl (C=O) groups excluding carboxylic acids is 2. The molecule has 0 aliphatic heterocycles. The number of alkyl halides is 3. The van der Waals surface area contributed by atoms with Crippen molar-refractivity contribution in [3.63, 3.8) is 0 Å². The van der Waals surface area contributed by atoms with Gasteiger partial charge in [0.15, 0.2) is 6.61 Å². The molecule has 3 aromatic rings. The maximum atomic E-state index is 12.3. The normalized spacial score (nSPS) is 11.1. The van der Waals surface area contributed by atoms with Crippen molar-refractivity contribution >= 4 is 46.4 Å². The third-order valence-corrected chi connectivity index (χ3v) is 5.54. The van der Waals surface area contributed by atoms with Crippen LogP contribution >= 0.6 is 34.5 Å². The lowest BCUT2D eigenvalue weighted by Crippen LogP contribution is -2.28. The highest BCUT2D eigenvalue weighted by molar-refractivity contribution is 7.09. The number of hydrogen-bond acceptors (Lipinski definition) is 6. The molecular formula is C21H16Cl2F3N3O4S. The zero-order valence-corrected chi connectivity index (χ0v) is 19.4. The Morgan fingerprint density at radius 1 is 1.00 bits per heavy atom. The molecule has 0 fully saturated rings. The lowest BCUT2D eigenvalue weighted by molar-refractivity contribution is -0.274. The highest BCUT2D eigenvalue weighted by Crippen LogP contribution is 2.25. The summed E-state index contributed by atoms with van der Waals surface area (Å²) in [5.41, 5.74) is 0.890. The molecule has 1 aromatic heterocycles. The lowest BCUT2D eigenvalue weighted by atomic mass is 10.2. The number of ether oxygens (including phenoxy) is 2. The summed E-state index contributed by atoms with van der Waals surface area (Å²) in [6, 6.07) is 9.59. The van der Waals surface area contributed by atoms with Crippen LogP contribution in [0.25, 0.3) is 0 Å². The zero-order chi connectivity index (χ0) is 24.7. The maximum Gasteiger partial charge on any atom is 0.573 e. The Balaban J connectivity index is 1.41. The highest BCUT2D eigenvalue weighted by Gasteiger charge is 2.31. The van der Waals surface area contributed by atoms with Crippen molar-refractivity contribution < 1.29 is 32.2 Å². The summed E-state index contributed by atoms with van der Waals surface area (Å²) in [5, 5.41) is 8.27. The smallest absolute Gasteiger partial charge is 0.484 e. The summed E-state index contributed by atoms with van der Waals surface area (Å²) < 4.78 is 45.5. The van der Waals surface area contributed by atoms with Crippen LogP contribution in [0.1, 0.15) is 21.1 Å². The van der Waals surface area contributed by atoms with E-state index >= 15 is 0 Å². The number of nitrogens with zero attached hydrogens (tertiary/aromatic N) is 1. The summed E-state index contributed by atoms with van der Waals surface area (Å²) in [7, 11) is 0. The lowest BCUT2D eigenvalue weighted by Gasteiger charge is -2.10. The fourth-order valence-electron chi connectivity index (χ4n) is 2.54. The third-order valence-electron chi connectivity index (χ3n) is 4.10. The Hall–Kier alpha value is -3.02. The van der Waals surface area contributed by atoms with Crippen LogP contribution in [0.15, 0.2) is 47.8 Å². The number of amides is 2. The zero-order valence-electron chi connectivity index (χ0n) is 17.1. The van der Waals surface area contributed by atoms with Gasteiger partial charge in [-0.15, -0.1) is 24.5 Å². The van der Waals surface area contributed by atoms with Crippen molar-refractivity contribution in [2.45, 2.75) is 19.5 Å². The Bertz CT molecular complexity index is 1160. The minimum atomic E-state index is -4.79. The number of benzene rings is 2. The number of halogens is 5. The van der Waals surface area contributed by atoms with E-state index in [0.29, 0.717) is 20.6 Å². The molecule has 0 unspecified atom stereocenters. The summed E-state index contributed by atoms with van der Waals surface area (Å²) >= 11 is 13.1. The average molecular weight is 534 g/mol.